The zero-order valence-corrected chi connectivity index (χ0v) is 11.0. The van der Waals surface area contributed by atoms with Gasteiger partial charge in [0.25, 0.3) is 5.69 Å². The zero-order chi connectivity index (χ0) is 14.7. The number of likely N-dealkylation sites (tertiary alicyclic amines) is 1. The molecule has 1 N–H and O–H groups in total. The molecule has 0 radical (unpaired) electrons. The van der Waals surface area contributed by atoms with Crippen molar-refractivity contribution in [1.29, 1.82) is 0 Å². The van der Waals surface area contributed by atoms with Gasteiger partial charge < -0.3 is 14.7 Å². The van der Waals surface area contributed by atoms with Crippen molar-refractivity contribution in [3.8, 4) is 5.88 Å². The van der Waals surface area contributed by atoms with Crippen molar-refractivity contribution >= 4 is 11.7 Å². The number of piperidine rings is 1. The maximum atomic E-state index is 11.1. The molecule has 0 spiro atoms. The van der Waals surface area contributed by atoms with E-state index in [0.717, 1.165) is 38.2 Å². The van der Waals surface area contributed by atoms with Crippen LogP contribution >= 0.6 is 0 Å². The van der Waals surface area contributed by atoms with Crippen molar-refractivity contribution in [1.82, 2.24) is 9.88 Å². The van der Waals surface area contributed by atoms with Crippen LogP contribution in [-0.4, -0.2) is 52.1 Å². The highest BCUT2D eigenvalue weighted by Crippen LogP contribution is 2.24. The van der Waals surface area contributed by atoms with E-state index in [1.54, 1.807) is 0 Å². The normalized spacial score (nSPS) is 16.9. The Labute approximate surface area is 115 Å². The Kier molecular flexibility index (Phi) is 4.14. The molecule has 0 bridgehead atoms. The first-order valence-corrected chi connectivity index (χ1v) is 6.20. The van der Waals surface area contributed by atoms with Crippen molar-refractivity contribution in [3.63, 3.8) is 0 Å². The molecule has 1 fully saturated rings. The third-order valence-corrected chi connectivity index (χ3v) is 3.22. The van der Waals surface area contributed by atoms with Gasteiger partial charge in [-0.1, -0.05) is 0 Å². The van der Waals surface area contributed by atoms with Crippen molar-refractivity contribution in [3.05, 3.63) is 27.9 Å². The molecule has 8 heteroatoms. The van der Waals surface area contributed by atoms with Crippen LogP contribution in [-0.2, 0) is 0 Å². The number of pyridine rings is 1. The third kappa shape index (κ3) is 3.21. The van der Waals surface area contributed by atoms with Crippen LogP contribution in [0.25, 0.3) is 0 Å². The Balaban J connectivity index is 2.18. The minimum Gasteiger partial charge on any atom is -0.477 e. The Bertz CT molecular complexity index is 526. The van der Waals surface area contributed by atoms with Crippen LogP contribution in [0.3, 0.4) is 0 Å². The van der Waals surface area contributed by atoms with E-state index in [9.17, 15) is 14.9 Å². The lowest BCUT2D eigenvalue weighted by Crippen LogP contribution is -2.36. The summed E-state index contributed by atoms with van der Waals surface area (Å²) in [5.41, 5.74) is -0.642. The fourth-order valence-electron chi connectivity index (χ4n) is 2.05. The number of rotatable bonds is 4. The molecule has 8 nitrogen and oxygen atoms in total. The molecule has 0 atom stereocenters. The van der Waals surface area contributed by atoms with Crippen molar-refractivity contribution in [2.75, 3.05) is 20.1 Å². The Morgan fingerprint density at radius 2 is 2.20 bits per heavy atom. The zero-order valence-electron chi connectivity index (χ0n) is 11.0. The van der Waals surface area contributed by atoms with Crippen LogP contribution in [0.5, 0.6) is 5.88 Å². The number of hydrogen-bond acceptors (Lipinski definition) is 6. The standard InChI is InChI=1S/C12H15N3O5/c1-14-4-2-9(3-5-14)20-11-10(12(16)17)6-8(7-13-11)15(18)19/h6-7,9H,2-5H2,1H3,(H,16,17). The number of carbonyl (C=O) groups is 1. The number of aromatic carboxylic acids is 1. The summed E-state index contributed by atoms with van der Waals surface area (Å²) in [5.74, 6) is -1.35. The molecule has 0 aromatic carbocycles. The highest BCUT2D eigenvalue weighted by molar-refractivity contribution is 5.90. The fourth-order valence-corrected chi connectivity index (χ4v) is 2.05. The van der Waals surface area contributed by atoms with E-state index in [0.29, 0.717) is 0 Å². The monoisotopic (exact) mass is 281 g/mol. The molecular weight excluding hydrogens is 266 g/mol. The smallest absolute Gasteiger partial charge is 0.341 e. The average Bonchev–Trinajstić information content (AvgIpc) is 2.41. The third-order valence-electron chi connectivity index (χ3n) is 3.22. The first-order chi connectivity index (χ1) is 9.47. The Morgan fingerprint density at radius 3 is 2.75 bits per heavy atom. The highest BCUT2D eigenvalue weighted by atomic mass is 16.6. The van der Waals surface area contributed by atoms with E-state index < -0.39 is 10.9 Å². The number of carboxylic acid groups (broad SMARTS) is 1. The number of nitro groups is 1. The van der Waals surface area contributed by atoms with Crippen LogP contribution in [0, 0.1) is 10.1 Å². The van der Waals surface area contributed by atoms with Gasteiger partial charge in [-0.2, -0.15) is 0 Å². The molecule has 1 aromatic heterocycles. The molecule has 0 amide bonds. The minimum absolute atomic E-state index is 0.0577. The quantitative estimate of drug-likeness (QED) is 0.652. The summed E-state index contributed by atoms with van der Waals surface area (Å²) in [6.07, 6.45) is 2.44. The summed E-state index contributed by atoms with van der Waals surface area (Å²) in [4.78, 5) is 27.0. The number of ether oxygens (including phenoxy) is 1. The maximum absolute atomic E-state index is 11.1. The molecule has 2 heterocycles. The molecule has 0 unspecified atom stereocenters. The lowest BCUT2D eigenvalue weighted by molar-refractivity contribution is -0.385. The highest BCUT2D eigenvalue weighted by Gasteiger charge is 2.23. The van der Waals surface area contributed by atoms with Gasteiger partial charge in [-0.05, 0) is 19.9 Å². The van der Waals surface area contributed by atoms with E-state index >= 15 is 0 Å². The lowest BCUT2D eigenvalue weighted by atomic mass is 10.1. The van der Waals surface area contributed by atoms with Gasteiger partial charge in [0.2, 0.25) is 5.88 Å². The second-order valence-electron chi connectivity index (χ2n) is 4.73. The van der Waals surface area contributed by atoms with E-state index in [1.165, 1.54) is 0 Å². The van der Waals surface area contributed by atoms with Gasteiger partial charge in [-0.3, -0.25) is 10.1 Å². The van der Waals surface area contributed by atoms with Crippen LogP contribution in [0.15, 0.2) is 12.3 Å². The molecular formula is C12H15N3O5. The van der Waals surface area contributed by atoms with E-state index in [4.69, 9.17) is 9.84 Å². The van der Waals surface area contributed by atoms with Gasteiger partial charge in [0.1, 0.15) is 17.9 Å². The molecule has 20 heavy (non-hydrogen) atoms. The molecule has 1 saturated heterocycles. The first-order valence-electron chi connectivity index (χ1n) is 6.20. The van der Waals surface area contributed by atoms with Crippen molar-refractivity contribution in [2.45, 2.75) is 18.9 Å². The average molecular weight is 281 g/mol. The fraction of sp³-hybridized carbons (Fsp3) is 0.500. The van der Waals surface area contributed by atoms with Crippen LogP contribution in [0.1, 0.15) is 23.2 Å². The van der Waals surface area contributed by atoms with Crippen LogP contribution in [0.2, 0.25) is 0 Å². The summed E-state index contributed by atoms with van der Waals surface area (Å²) in [6.45, 7) is 1.72. The topological polar surface area (TPSA) is 106 Å². The number of carboxylic acids is 1. The van der Waals surface area contributed by atoms with Gasteiger partial charge >= 0.3 is 5.97 Å². The van der Waals surface area contributed by atoms with E-state index in [1.807, 2.05) is 7.05 Å². The van der Waals surface area contributed by atoms with Gasteiger partial charge in [0.15, 0.2) is 0 Å². The predicted octanol–water partition coefficient (Wildman–Crippen LogP) is 1.16. The van der Waals surface area contributed by atoms with Gasteiger partial charge in [0, 0.05) is 19.2 Å². The summed E-state index contributed by atoms with van der Waals surface area (Å²) < 4.78 is 5.59. The molecule has 2 rings (SSSR count). The lowest BCUT2D eigenvalue weighted by Gasteiger charge is -2.29. The Morgan fingerprint density at radius 1 is 1.55 bits per heavy atom. The first kappa shape index (κ1) is 14.2. The number of hydrogen-bond donors (Lipinski definition) is 1. The maximum Gasteiger partial charge on any atom is 0.341 e. The largest absolute Gasteiger partial charge is 0.477 e. The molecule has 108 valence electrons. The summed E-state index contributed by atoms with van der Waals surface area (Å²) in [5, 5.41) is 19.7. The molecule has 1 aliphatic heterocycles. The van der Waals surface area contributed by atoms with Gasteiger partial charge in [-0.15, -0.1) is 0 Å². The van der Waals surface area contributed by atoms with Crippen molar-refractivity contribution < 1.29 is 19.6 Å². The number of nitrogens with zero attached hydrogens (tertiary/aromatic N) is 3. The minimum atomic E-state index is -1.29. The molecule has 0 aliphatic carbocycles. The second kappa shape index (κ2) is 5.83. The molecule has 0 saturated carbocycles. The molecule has 1 aliphatic rings. The van der Waals surface area contributed by atoms with E-state index in [-0.39, 0.29) is 23.2 Å². The van der Waals surface area contributed by atoms with Gasteiger partial charge in [-0.25, -0.2) is 9.78 Å². The summed E-state index contributed by atoms with van der Waals surface area (Å²) in [7, 11) is 2.00. The summed E-state index contributed by atoms with van der Waals surface area (Å²) >= 11 is 0. The SMILES string of the molecule is CN1CCC(Oc2ncc([N+](=O)[O-])cc2C(=O)O)CC1. The van der Waals surface area contributed by atoms with E-state index in [2.05, 4.69) is 9.88 Å². The van der Waals surface area contributed by atoms with Crippen LogP contribution < -0.4 is 4.74 Å². The second-order valence-corrected chi connectivity index (χ2v) is 4.73. The summed E-state index contributed by atoms with van der Waals surface area (Å²) in [6, 6.07) is 0.972. The number of aromatic nitrogens is 1. The predicted molar refractivity (Wildman–Crippen MR) is 69.0 cm³/mol. The van der Waals surface area contributed by atoms with Crippen LogP contribution in [0.4, 0.5) is 5.69 Å². The van der Waals surface area contributed by atoms with Gasteiger partial charge in [0.05, 0.1) is 4.92 Å². The van der Waals surface area contributed by atoms with Crippen molar-refractivity contribution in [2.24, 2.45) is 0 Å². The Hall–Kier alpha value is -2.22. The molecule has 1 aromatic rings.